The number of hydrogen-bond acceptors (Lipinski definition) is 5. The molecular formula is C75H46N6. The third kappa shape index (κ3) is 6.21. The average Bonchev–Trinajstić information content (AvgIpc) is 3.60. The van der Waals surface area contributed by atoms with Gasteiger partial charge in [-0.2, -0.15) is 9.97 Å². The van der Waals surface area contributed by atoms with Crippen LogP contribution in [-0.2, 0) is 5.41 Å². The summed E-state index contributed by atoms with van der Waals surface area (Å²) in [5, 5.41) is 5.53. The van der Waals surface area contributed by atoms with Crippen LogP contribution in [0.25, 0.3) is 129 Å². The van der Waals surface area contributed by atoms with E-state index in [9.17, 15) is 0 Å². The summed E-state index contributed by atoms with van der Waals surface area (Å²) in [5.41, 5.74) is 23.9. The summed E-state index contributed by atoms with van der Waals surface area (Å²) in [7, 11) is 0. The largest absolute Gasteiger partial charge is 0.309 e. The van der Waals surface area contributed by atoms with Crippen LogP contribution >= 0.6 is 0 Å². The zero-order valence-corrected chi connectivity index (χ0v) is 43.8. The second-order valence-electron chi connectivity index (χ2n) is 21.3. The molecule has 0 fully saturated rings. The van der Waals surface area contributed by atoms with Gasteiger partial charge < -0.3 is 4.57 Å². The molecule has 2 aliphatic carbocycles. The predicted octanol–water partition coefficient (Wildman–Crippen LogP) is 18.8. The van der Waals surface area contributed by atoms with Gasteiger partial charge in [-0.25, -0.2) is 9.97 Å². The van der Waals surface area contributed by atoms with Gasteiger partial charge in [-0.3, -0.25) is 4.90 Å². The molecule has 376 valence electrons. The number of hydrogen-bond donors (Lipinski definition) is 0. The van der Waals surface area contributed by atoms with E-state index in [1.807, 2.05) is 72.8 Å². The number of rotatable bonds is 7. The summed E-state index contributed by atoms with van der Waals surface area (Å²) < 4.78 is 2.50. The highest BCUT2D eigenvalue weighted by Crippen LogP contribution is 2.64. The lowest BCUT2D eigenvalue weighted by atomic mass is 9.70. The molecule has 0 bridgehead atoms. The van der Waals surface area contributed by atoms with E-state index in [4.69, 9.17) is 19.9 Å². The molecule has 6 nitrogen and oxygen atoms in total. The van der Waals surface area contributed by atoms with Crippen LogP contribution in [0.5, 0.6) is 0 Å². The van der Waals surface area contributed by atoms with Crippen molar-refractivity contribution in [1.29, 1.82) is 0 Å². The Labute approximate surface area is 467 Å². The van der Waals surface area contributed by atoms with Crippen LogP contribution in [0.2, 0.25) is 0 Å². The molecule has 4 heterocycles. The Morgan fingerprint density at radius 1 is 0.395 bits per heavy atom. The molecule has 0 amide bonds. The molecule has 17 rings (SSSR count). The molecule has 81 heavy (non-hydrogen) atoms. The zero-order chi connectivity index (χ0) is 53.5. The fraction of sp³-hybridized carbons (Fsp3) is 0.0133. The smallest absolute Gasteiger partial charge is 0.238 e. The molecule has 0 saturated carbocycles. The van der Waals surface area contributed by atoms with E-state index >= 15 is 0 Å². The van der Waals surface area contributed by atoms with Gasteiger partial charge in [0.05, 0.1) is 39.0 Å². The van der Waals surface area contributed by atoms with E-state index in [1.54, 1.807) is 0 Å². The summed E-state index contributed by atoms with van der Waals surface area (Å²) in [6, 6.07) is 87.5. The average molecular weight is 1030 g/mol. The van der Waals surface area contributed by atoms with E-state index in [0.29, 0.717) is 17.6 Å². The lowest BCUT2D eigenvalue weighted by Crippen LogP contribution is -2.25. The zero-order valence-electron chi connectivity index (χ0n) is 43.8. The molecule has 0 saturated heterocycles. The molecule has 0 atom stereocenters. The summed E-state index contributed by atoms with van der Waals surface area (Å²) in [4.78, 5) is 23.5. The molecular weight excluding hydrogens is 985 g/mol. The van der Waals surface area contributed by atoms with Gasteiger partial charge in [0.15, 0.2) is 11.6 Å². The number of nitrogens with zero attached hydrogens (tertiary/aromatic N) is 6. The van der Waals surface area contributed by atoms with Crippen LogP contribution in [0.1, 0.15) is 33.4 Å². The summed E-state index contributed by atoms with van der Waals surface area (Å²) in [6.45, 7) is 8.69. The van der Waals surface area contributed by atoms with Gasteiger partial charge in [-0.15, -0.1) is 0 Å². The second-order valence-corrected chi connectivity index (χ2v) is 21.3. The standard InChI is InChI=1S/C75H46N6/c1-3-45-44-66-69-67(51(45)4-2)57-29-14-19-33-63(57)76-70(69)58-43-49(37-42-65(58)81(66)74-78-72(47-21-7-5-8-22-47)77-73(79-74)48-23-9-6-10-24-48)46-35-38-50(39-36-46)80-64-34-20-15-27-54(64)55-40-41-62-68(71(55)80)56-28-13-18-32-61(56)75(62)59-30-16-11-25-52(59)53-26-12-17-31-60(53)75/h3-44H,1-2H2. The molecule has 3 aromatic heterocycles. The highest BCUT2D eigenvalue weighted by atomic mass is 15.3. The topological polar surface area (TPSA) is 59.7 Å². The fourth-order valence-corrected chi connectivity index (χ4v) is 14.0. The van der Waals surface area contributed by atoms with Crippen LogP contribution in [0, 0.1) is 0 Å². The van der Waals surface area contributed by atoms with Crippen molar-refractivity contribution >= 4 is 73.0 Å². The van der Waals surface area contributed by atoms with Gasteiger partial charge >= 0.3 is 0 Å². The van der Waals surface area contributed by atoms with Crippen molar-refractivity contribution in [2.75, 3.05) is 4.90 Å². The van der Waals surface area contributed by atoms with Crippen molar-refractivity contribution in [3.05, 3.63) is 289 Å². The maximum atomic E-state index is 5.56. The molecule has 1 spiro atoms. The molecule has 0 unspecified atom stereocenters. The first-order chi connectivity index (χ1) is 40.1. The molecule has 14 aromatic rings. The van der Waals surface area contributed by atoms with Crippen molar-refractivity contribution in [2.45, 2.75) is 5.41 Å². The van der Waals surface area contributed by atoms with Crippen molar-refractivity contribution < 1.29 is 0 Å². The first kappa shape index (κ1) is 45.2. The molecule has 0 radical (unpaired) electrons. The Morgan fingerprint density at radius 2 is 0.988 bits per heavy atom. The minimum absolute atomic E-state index is 0.453. The Hall–Kier alpha value is -10.8. The van der Waals surface area contributed by atoms with Crippen LogP contribution in [0.3, 0.4) is 0 Å². The Kier molecular flexibility index (Phi) is 9.54. The van der Waals surface area contributed by atoms with Gasteiger partial charge in [0, 0.05) is 54.9 Å². The lowest BCUT2D eigenvalue weighted by Gasteiger charge is -2.33. The van der Waals surface area contributed by atoms with Gasteiger partial charge in [0.1, 0.15) is 0 Å². The van der Waals surface area contributed by atoms with Gasteiger partial charge in [-0.1, -0.05) is 226 Å². The van der Waals surface area contributed by atoms with Crippen molar-refractivity contribution in [1.82, 2.24) is 24.5 Å². The second kappa shape index (κ2) is 17.1. The molecule has 1 aliphatic heterocycles. The van der Waals surface area contributed by atoms with E-state index in [-0.39, 0.29) is 0 Å². The van der Waals surface area contributed by atoms with E-state index in [2.05, 4.69) is 205 Å². The molecule has 3 aliphatic rings. The highest BCUT2D eigenvalue weighted by molar-refractivity contribution is 6.23. The van der Waals surface area contributed by atoms with Crippen LogP contribution in [0.4, 0.5) is 17.3 Å². The number of fused-ring (bicyclic) bond motifs is 18. The minimum atomic E-state index is -0.453. The minimum Gasteiger partial charge on any atom is -0.309 e. The maximum absolute atomic E-state index is 5.56. The van der Waals surface area contributed by atoms with Crippen LogP contribution in [-0.4, -0.2) is 24.5 Å². The lowest BCUT2D eigenvalue weighted by molar-refractivity contribution is 0.794. The summed E-state index contributed by atoms with van der Waals surface area (Å²) in [6.07, 6.45) is 3.86. The van der Waals surface area contributed by atoms with Crippen molar-refractivity contribution in [3.8, 4) is 73.1 Å². The fourth-order valence-electron chi connectivity index (χ4n) is 14.0. The number of para-hydroxylation sites is 2. The monoisotopic (exact) mass is 1030 g/mol. The van der Waals surface area contributed by atoms with Gasteiger partial charge in [-0.05, 0) is 104 Å². The predicted molar refractivity (Wildman–Crippen MR) is 333 cm³/mol. The SMILES string of the molecule is C=Cc1cc2c3c(nc4ccccc4c3c1C=C)-c1cc(-c3ccc(-n4c5ccccc5c5ccc6c(c54)-c4ccccc4C64c5ccccc5-c5ccccc54)cc3)ccc1N2c1nc(-c2ccccc2)nc(-c2ccccc2)n1. The molecule has 6 heteroatoms. The third-order valence-electron chi connectivity index (χ3n) is 17.3. The summed E-state index contributed by atoms with van der Waals surface area (Å²) >= 11 is 0. The first-order valence-corrected chi connectivity index (χ1v) is 27.5. The number of anilines is 3. The quantitative estimate of drug-likeness (QED) is 0.149. The van der Waals surface area contributed by atoms with Crippen molar-refractivity contribution in [2.24, 2.45) is 0 Å². The van der Waals surface area contributed by atoms with Gasteiger partial charge in [0.25, 0.3) is 0 Å². The molecule has 11 aromatic carbocycles. The number of aromatic nitrogens is 5. The van der Waals surface area contributed by atoms with E-state index in [1.165, 1.54) is 66.3 Å². The van der Waals surface area contributed by atoms with Gasteiger partial charge in [0.2, 0.25) is 5.95 Å². The highest BCUT2D eigenvalue weighted by Gasteiger charge is 2.52. The molecule has 0 N–H and O–H groups in total. The van der Waals surface area contributed by atoms with E-state index < -0.39 is 5.41 Å². The Balaban J connectivity index is 0.876. The normalized spacial score (nSPS) is 13.1. The summed E-state index contributed by atoms with van der Waals surface area (Å²) in [5.74, 6) is 1.65. The van der Waals surface area contributed by atoms with Crippen molar-refractivity contribution in [3.63, 3.8) is 0 Å². The number of pyridine rings is 1. The first-order valence-electron chi connectivity index (χ1n) is 27.5. The van der Waals surface area contributed by atoms with Crippen LogP contribution < -0.4 is 4.90 Å². The Bertz CT molecular complexity index is 4930. The third-order valence-corrected chi connectivity index (χ3v) is 17.3. The Morgan fingerprint density at radius 3 is 1.67 bits per heavy atom. The maximum Gasteiger partial charge on any atom is 0.238 e. The van der Waals surface area contributed by atoms with E-state index in [0.717, 1.165) is 83.4 Å². The number of benzene rings is 11. The van der Waals surface area contributed by atoms with Crippen LogP contribution in [0.15, 0.2) is 256 Å².